The molecular weight excluding hydrogens is 126 g/mol. The summed E-state index contributed by atoms with van der Waals surface area (Å²) < 4.78 is 5.38. The Kier molecular flexibility index (Phi) is 2.69. The predicted molar refractivity (Wildman–Crippen MR) is 42.1 cm³/mol. The van der Waals surface area contributed by atoms with Gasteiger partial charge in [0, 0.05) is 12.6 Å². The molecule has 1 aliphatic heterocycles. The molecule has 0 bridgehead atoms. The summed E-state index contributed by atoms with van der Waals surface area (Å²) in [5, 5.41) is 0. The molecule has 2 unspecified atom stereocenters. The third kappa shape index (κ3) is 1.50. The maximum Gasteiger partial charge on any atom is 0.0747 e. The second-order valence-electron chi connectivity index (χ2n) is 2.69. The zero-order chi connectivity index (χ0) is 7.56. The molecule has 1 saturated heterocycles. The van der Waals surface area contributed by atoms with Gasteiger partial charge < -0.3 is 4.74 Å². The van der Waals surface area contributed by atoms with Crippen LogP contribution in [-0.4, -0.2) is 37.2 Å². The van der Waals surface area contributed by atoms with E-state index in [2.05, 4.69) is 11.9 Å². The lowest BCUT2D eigenvalue weighted by molar-refractivity contribution is 0.0424. The topological polar surface area (TPSA) is 12.5 Å². The molecule has 60 valence electrons. The highest BCUT2D eigenvalue weighted by molar-refractivity contribution is 4.97. The van der Waals surface area contributed by atoms with E-state index >= 15 is 0 Å². The summed E-state index contributed by atoms with van der Waals surface area (Å²) in [7, 11) is 2.17. The first kappa shape index (κ1) is 8.02. The first-order valence-corrected chi connectivity index (χ1v) is 4.20. The average molecular weight is 143 g/mol. The standard InChI is InChI=1S/C6H11NO.C2H6/c1-7-2-3-8-6-4-5(6)7;1-2/h5-6H,2-4H2,1H3;1-2H3. The summed E-state index contributed by atoms with van der Waals surface area (Å²) in [6.07, 6.45) is 1.88. The van der Waals surface area contributed by atoms with E-state index in [1.807, 2.05) is 13.8 Å². The molecule has 1 heterocycles. The van der Waals surface area contributed by atoms with Gasteiger partial charge >= 0.3 is 0 Å². The van der Waals surface area contributed by atoms with Gasteiger partial charge in [0.2, 0.25) is 0 Å². The minimum Gasteiger partial charge on any atom is -0.375 e. The molecule has 0 aromatic heterocycles. The fourth-order valence-corrected chi connectivity index (χ4v) is 1.32. The van der Waals surface area contributed by atoms with E-state index in [4.69, 9.17) is 4.74 Å². The molecule has 0 radical (unpaired) electrons. The highest BCUT2D eigenvalue weighted by Crippen LogP contribution is 2.32. The molecule has 1 aliphatic carbocycles. The molecule has 2 rings (SSSR count). The lowest BCUT2D eigenvalue weighted by Crippen LogP contribution is -2.32. The first-order chi connectivity index (χ1) is 4.88. The number of morpholine rings is 1. The van der Waals surface area contributed by atoms with Crippen molar-refractivity contribution >= 4 is 0 Å². The van der Waals surface area contributed by atoms with E-state index in [1.165, 1.54) is 6.42 Å². The van der Waals surface area contributed by atoms with Gasteiger partial charge in [0.05, 0.1) is 12.7 Å². The van der Waals surface area contributed by atoms with E-state index in [-0.39, 0.29) is 0 Å². The van der Waals surface area contributed by atoms with Crippen LogP contribution in [0.1, 0.15) is 20.3 Å². The Morgan fingerprint density at radius 3 is 2.60 bits per heavy atom. The number of hydrogen-bond donors (Lipinski definition) is 0. The van der Waals surface area contributed by atoms with Gasteiger partial charge in [-0.15, -0.1) is 0 Å². The van der Waals surface area contributed by atoms with Crippen molar-refractivity contribution in [3.8, 4) is 0 Å². The maximum atomic E-state index is 5.38. The van der Waals surface area contributed by atoms with Crippen LogP contribution >= 0.6 is 0 Å². The summed E-state index contributed by atoms with van der Waals surface area (Å²) in [6, 6.07) is 0.781. The van der Waals surface area contributed by atoms with Crippen molar-refractivity contribution in [1.29, 1.82) is 0 Å². The van der Waals surface area contributed by atoms with Crippen LogP contribution in [0.25, 0.3) is 0 Å². The molecule has 2 aliphatic rings. The lowest BCUT2D eigenvalue weighted by atomic mass is 10.5. The average Bonchev–Trinajstić information content (AvgIpc) is 2.72. The second-order valence-corrected chi connectivity index (χ2v) is 2.69. The number of likely N-dealkylation sites (N-methyl/N-ethyl adjacent to an activating group) is 1. The minimum absolute atomic E-state index is 0.605. The quantitative estimate of drug-likeness (QED) is 0.504. The zero-order valence-electron chi connectivity index (χ0n) is 7.13. The summed E-state index contributed by atoms with van der Waals surface area (Å²) in [5.74, 6) is 0. The van der Waals surface area contributed by atoms with Crippen LogP contribution in [0.3, 0.4) is 0 Å². The molecule has 2 heteroatoms. The summed E-state index contributed by atoms with van der Waals surface area (Å²) in [4.78, 5) is 2.38. The van der Waals surface area contributed by atoms with Crippen LogP contribution in [0.2, 0.25) is 0 Å². The number of rotatable bonds is 0. The highest BCUT2D eigenvalue weighted by atomic mass is 16.5. The van der Waals surface area contributed by atoms with E-state index < -0.39 is 0 Å². The number of hydrogen-bond acceptors (Lipinski definition) is 2. The Balaban J connectivity index is 0.000000231. The van der Waals surface area contributed by atoms with Gasteiger partial charge in [0.25, 0.3) is 0 Å². The Morgan fingerprint density at radius 2 is 2.10 bits per heavy atom. The molecule has 2 atom stereocenters. The molecule has 0 spiro atoms. The van der Waals surface area contributed by atoms with E-state index in [1.54, 1.807) is 0 Å². The van der Waals surface area contributed by atoms with Crippen molar-refractivity contribution in [2.24, 2.45) is 0 Å². The molecule has 0 aromatic carbocycles. The van der Waals surface area contributed by atoms with Gasteiger partial charge in [-0.25, -0.2) is 0 Å². The smallest absolute Gasteiger partial charge is 0.0747 e. The van der Waals surface area contributed by atoms with Crippen molar-refractivity contribution in [1.82, 2.24) is 4.90 Å². The summed E-state index contributed by atoms with van der Waals surface area (Å²) >= 11 is 0. The molecule has 0 N–H and O–H groups in total. The largest absolute Gasteiger partial charge is 0.375 e. The van der Waals surface area contributed by atoms with Crippen LogP contribution in [0, 0.1) is 0 Å². The summed E-state index contributed by atoms with van der Waals surface area (Å²) in [6.45, 7) is 6.07. The fraction of sp³-hybridized carbons (Fsp3) is 1.00. The molecule has 1 saturated carbocycles. The molecule has 2 fully saturated rings. The van der Waals surface area contributed by atoms with Crippen LogP contribution in [-0.2, 0) is 4.74 Å². The van der Waals surface area contributed by atoms with Gasteiger partial charge in [-0.05, 0) is 13.5 Å². The fourth-order valence-electron chi connectivity index (χ4n) is 1.32. The molecule has 2 nitrogen and oxygen atoms in total. The van der Waals surface area contributed by atoms with Gasteiger partial charge in [0.1, 0.15) is 0 Å². The number of nitrogens with zero attached hydrogens (tertiary/aromatic N) is 1. The molecule has 0 amide bonds. The van der Waals surface area contributed by atoms with Gasteiger partial charge in [-0.2, -0.15) is 0 Å². The maximum absolute atomic E-state index is 5.38. The van der Waals surface area contributed by atoms with E-state index in [0.29, 0.717) is 6.10 Å². The van der Waals surface area contributed by atoms with Gasteiger partial charge in [-0.1, -0.05) is 13.8 Å². The lowest BCUT2D eigenvalue weighted by Gasteiger charge is -2.20. The molecular formula is C8H17NO. The second kappa shape index (κ2) is 3.35. The van der Waals surface area contributed by atoms with Crippen LogP contribution in [0.4, 0.5) is 0 Å². The Hall–Kier alpha value is -0.0800. The van der Waals surface area contributed by atoms with Crippen LogP contribution in [0.15, 0.2) is 0 Å². The zero-order valence-corrected chi connectivity index (χ0v) is 7.13. The monoisotopic (exact) mass is 143 g/mol. The van der Waals surface area contributed by atoms with Crippen molar-refractivity contribution < 1.29 is 4.74 Å². The number of fused-ring (bicyclic) bond motifs is 1. The third-order valence-electron chi connectivity index (χ3n) is 2.04. The highest BCUT2D eigenvalue weighted by Gasteiger charge is 2.43. The van der Waals surface area contributed by atoms with Crippen molar-refractivity contribution in [2.45, 2.75) is 32.4 Å². The van der Waals surface area contributed by atoms with Crippen LogP contribution in [0.5, 0.6) is 0 Å². The Labute approximate surface area is 63.2 Å². The van der Waals surface area contributed by atoms with E-state index in [9.17, 15) is 0 Å². The Morgan fingerprint density at radius 1 is 1.40 bits per heavy atom. The SMILES string of the molecule is CC.CN1CCOC2CC21. The van der Waals surface area contributed by atoms with Gasteiger partial charge in [0.15, 0.2) is 0 Å². The van der Waals surface area contributed by atoms with Crippen LogP contribution < -0.4 is 0 Å². The van der Waals surface area contributed by atoms with Crippen molar-refractivity contribution in [2.75, 3.05) is 20.2 Å². The van der Waals surface area contributed by atoms with Crippen molar-refractivity contribution in [3.63, 3.8) is 0 Å². The van der Waals surface area contributed by atoms with E-state index in [0.717, 1.165) is 19.2 Å². The van der Waals surface area contributed by atoms with Gasteiger partial charge in [-0.3, -0.25) is 4.90 Å². The molecule has 10 heavy (non-hydrogen) atoms. The third-order valence-corrected chi connectivity index (χ3v) is 2.04. The van der Waals surface area contributed by atoms with Crippen molar-refractivity contribution in [3.05, 3.63) is 0 Å². The Bertz CT molecular complexity index is 105. The minimum atomic E-state index is 0.605. The first-order valence-electron chi connectivity index (χ1n) is 4.20. The summed E-state index contributed by atoms with van der Waals surface area (Å²) in [5.41, 5.74) is 0. The predicted octanol–water partition coefficient (Wildman–Crippen LogP) is 1.12. The molecule has 0 aromatic rings. The number of ether oxygens (including phenoxy) is 1. The normalized spacial score (nSPS) is 37.5.